The normalized spacial score (nSPS) is 9.75. The Morgan fingerprint density at radius 3 is 2.62 bits per heavy atom. The van der Waals surface area contributed by atoms with Gasteiger partial charge in [-0.25, -0.2) is 0 Å². The summed E-state index contributed by atoms with van der Waals surface area (Å²) in [5, 5.41) is 3.08. The second-order valence-electron chi connectivity index (χ2n) is 1.40. The number of rotatable bonds is 5. The van der Waals surface area contributed by atoms with Crippen molar-refractivity contribution in [2.75, 3.05) is 30.7 Å². The first-order chi connectivity index (χ1) is 3.91. The molecule has 0 unspecified atom stereocenters. The van der Waals surface area contributed by atoms with Gasteiger partial charge in [0, 0.05) is 17.4 Å². The van der Waals surface area contributed by atoms with E-state index >= 15 is 0 Å². The first kappa shape index (κ1) is 8.66. The lowest BCUT2D eigenvalue weighted by Gasteiger charge is -1.95. The van der Waals surface area contributed by atoms with E-state index in [1.165, 1.54) is 11.5 Å². The summed E-state index contributed by atoms with van der Waals surface area (Å²) in [5.41, 5.74) is 0. The van der Waals surface area contributed by atoms with E-state index in [1.54, 1.807) is 0 Å². The highest BCUT2D eigenvalue weighted by atomic mass is 32.2. The van der Waals surface area contributed by atoms with Crippen molar-refractivity contribution in [2.45, 2.75) is 0 Å². The fraction of sp³-hybridized carbons (Fsp3) is 1.00. The van der Waals surface area contributed by atoms with Gasteiger partial charge in [0.05, 0.1) is 0 Å². The van der Waals surface area contributed by atoms with Crippen molar-refractivity contribution >= 4 is 23.5 Å². The van der Waals surface area contributed by atoms with Gasteiger partial charge in [-0.1, -0.05) is 0 Å². The summed E-state index contributed by atoms with van der Waals surface area (Å²) in [4.78, 5) is 0. The largest absolute Gasteiger partial charge is 0.311 e. The van der Waals surface area contributed by atoms with Crippen LogP contribution in [0.4, 0.5) is 0 Å². The maximum absolute atomic E-state index is 3.08. The molecule has 0 heterocycles. The maximum atomic E-state index is 3.08. The van der Waals surface area contributed by atoms with E-state index in [2.05, 4.69) is 11.6 Å². The van der Waals surface area contributed by atoms with Crippen molar-refractivity contribution in [3.8, 4) is 0 Å². The number of nitrogens with one attached hydrogen (secondary N) is 1. The van der Waals surface area contributed by atoms with Crippen LogP contribution in [0.1, 0.15) is 0 Å². The van der Waals surface area contributed by atoms with E-state index in [1.807, 2.05) is 30.6 Å². The fourth-order valence-corrected chi connectivity index (χ4v) is 1.80. The standard InChI is InChI=1S/C5H13NS2/c1-6-5-8-4-3-7-2/h6H,3-5H2,1-2H3. The van der Waals surface area contributed by atoms with Crippen molar-refractivity contribution in [1.82, 2.24) is 5.32 Å². The zero-order chi connectivity index (χ0) is 6.24. The fourth-order valence-electron chi connectivity index (χ4n) is 0.316. The van der Waals surface area contributed by atoms with E-state index in [-0.39, 0.29) is 0 Å². The molecule has 0 radical (unpaired) electrons. The second kappa shape index (κ2) is 7.66. The van der Waals surface area contributed by atoms with Crippen LogP contribution in [0, 0.1) is 0 Å². The molecule has 1 N–H and O–H groups in total. The van der Waals surface area contributed by atoms with Crippen LogP contribution >= 0.6 is 23.5 Å². The van der Waals surface area contributed by atoms with Crippen molar-refractivity contribution in [3.05, 3.63) is 0 Å². The Bertz CT molecular complexity index is 35.4. The summed E-state index contributed by atoms with van der Waals surface area (Å²) in [6.07, 6.45) is 2.14. The van der Waals surface area contributed by atoms with E-state index in [0.717, 1.165) is 5.88 Å². The molecule has 0 aliphatic heterocycles. The molecule has 8 heavy (non-hydrogen) atoms. The third-order valence-corrected chi connectivity index (χ3v) is 2.53. The smallest absolute Gasteiger partial charge is 0.0415 e. The Hall–Kier alpha value is 0.660. The zero-order valence-corrected chi connectivity index (χ0v) is 7.07. The summed E-state index contributed by atoms with van der Waals surface area (Å²) in [5.74, 6) is 3.62. The van der Waals surface area contributed by atoms with E-state index in [0.29, 0.717) is 0 Å². The molecular weight excluding hydrogens is 138 g/mol. The molecule has 3 heteroatoms. The van der Waals surface area contributed by atoms with Crippen molar-refractivity contribution < 1.29 is 0 Å². The molecule has 0 saturated heterocycles. The predicted octanol–water partition coefficient (Wildman–Crippen LogP) is 1.26. The Kier molecular flexibility index (Phi) is 8.29. The lowest BCUT2D eigenvalue weighted by Crippen LogP contribution is -2.04. The summed E-state index contributed by atoms with van der Waals surface area (Å²) in [6, 6.07) is 0. The van der Waals surface area contributed by atoms with Crippen LogP contribution in [0.25, 0.3) is 0 Å². The molecule has 0 fully saturated rings. The average Bonchev–Trinajstić information content (AvgIpc) is 1.81. The van der Waals surface area contributed by atoms with Gasteiger partial charge in [0.15, 0.2) is 0 Å². The quantitative estimate of drug-likeness (QED) is 0.469. The van der Waals surface area contributed by atoms with Gasteiger partial charge in [0.1, 0.15) is 0 Å². The molecule has 0 atom stereocenters. The van der Waals surface area contributed by atoms with Crippen LogP contribution in [0.5, 0.6) is 0 Å². The molecule has 0 saturated carbocycles. The molecule has 0 bridgehead atoms. The van der Waals surface area contributed by atoms with Gasteiger partial charge in [-0.2, -0.15) is 11.8 Å². The minimum atomic E-state index is 1.08. The summed E-state index contributed by atoms with van der Waals surface area (Å²) >= 11 is 3.85. The molecule has 1 nitrogen and oxygen atoms in total. The predicted molar refractivity (Wildman–Crippen MR) is 44.8 cm³/mol. The zero-order valence-electron chi connectivity index (χ0n) is 5.44. The molecular formula is C5H13NS2. The lowest BCUT2D eigenvalue weighted by atomic mass is 11.0. The molecule has 0 aromatic heterocycles. The average molecular weight is 151 g/mol. The van der Waals surface area contributed by atoms with Crippen molar-refractivity contribution in [3.63, 3.8) is 0 Å². The van der Waals surface area contributed by atoms with Crippen LogP contribution in [0.3, 0.4) is 0 Å². The molecule has 0 spiro atoms. The first-order valence-corrected chi connectivity index (χ1v) is 5.18. The topological polar surface area (TPSA) is 12.0 Å². The number of hydrogen-bond acceptors (Lipinski definition) is 3. The second-order valence-corrected chi connectivity index (χ2v) is 3.49. The third kappa shape index (κ3) is 6.66. The minimum absolute atomic E-state index is 1.08. The van der Waals surface area contributed by atoms with Gasteiger partial charge in [-0.3, -0.25) is 0 Å². The molecule has 0 amide bonds. The van der Waals surface area contributed by atoms with E-state index < -0.39 is 0 Å². The van der Waals surface area contributed by atoms with Gasteiger partial charge < -0.3 is 5.32 Å². The summed E-state index contributed by atoms with van der Waals surface area (Å²) < 4.78 is 0. The molecule has 0 aromatic rings. The van der Waals surface area contributed by atoms with E-state index in [4.69, 9.17) is 0 Å². The van der Waals surface area contributed by atoms with Crippen LogP contribution in [-0.4, -0.2) is 30.7 Å². The third-order valence-electron chi connectivity index (χ3n) is 0.678. The Labute approximate surface area is 60.0 Å². The SMILES string of the molecule is CNCSCCSC. The molecule has 50 valence electrons. The monoisotopic (exact) mass is 151 g/mol. The van der Waals surface area contributed by atoms with Gasteiger partial charge in [-0.05, 0) is 13.3 Å². The van der Waals surface area contributed by atoms with E-state index in [9.17, 15) is 0 Å². The number of hydrogen-bond donors (Lipinski definition) is 1. The van der Waals surface area contributed by atoms with Gasteiger partial charge >= 0.3 is 0 Å². The minimum Gasteiger partial charge on any atom is -0.311 e. The highest BCUT2D eigenvalue weighted by Gasteiger charge is 1.82. The van der Waals surface area contributed by atoms with Crippen molar-refractivity contribution in [2.24, 2.45) is 0 Å². The van der Waals surface area contributed by atoms with Gasteiger partial charge in [0.2, 0.25) is 0 Å². The van der Waals surface area contributed by atoms with Crippen LogP contribution in [0.2, 0.25) is 0 Å². The molecule has 0 aliphatic rings. The van der Waals surface area contributed by atoms with Crippen molar-refractivity contribution in [1.29, 1.82) is 0 Å². The van der Waals surface area contributed by atoms with Gasteiger partial charge in [-0.15, -0.1) is 11.8 Å². The lowest BCUT2D eigenvalue weighted by molar-refractivity contribution is 0.983. The molecule has 0 aromatic carbocycles. The van der Waals surface area contributed by atoms with Crippen LogP contribution in [-0.2, 0) is 0 Å². The van der Waals surface area contributed by atoms with Crippen LogP contribution < -0.4 is 5.32 Å². The maximum Gasteiger partial charge on any atom is 0.0415 e. The summed E-state index contributed by atoms with van der Waals surface area (Å²) in [6.45, 7) is 0. The molecule has 0 aliphatic carbocycles. The van der Waals surface area contributed by atoms with Crippen LogP contribution in [0.15, 0.2) is 0 Å². The Morgan fingerprint density at radius 1 is 1.38 bits per heavy atom. The first-order valence-electron chi connectivity index (χ1n) is 2.63. The Balaban J connectivity index is 2.53. The Morgan fingerprint density at radius 2 is 2.12 bits per heavy atom. The molecule has 0 rings (SSSR count). The highest BCUT2D eigenvalue weighted by Crippen LogP contribution is 2.00. The van der Waals surface area contributed by atoms with Gasteiger partial charge in [0.25, 0.3) is 0 Å². The highest BCUT2D eigenvalue weighted by molar-refractivity contribution is 8.02. The summed E-state index contributed by atoms with van der Waals surface area (Å²) in [7, 11) is 1.98. The number of thioether (sulfide) groups is 2.